The van der Waals surface area contributed by atoms with Crippen molar-refractivity contribution < 1.29 is 0 Å². The molecule has 3 rings (SSSR count). The molecule has 0 aliphatic heterocycles. The third-order valence-electron chi connectivity index (χ3n) is 3.41. The summed E-state index contributed by atoms with van der Waals surface area (Å²) in [5.74, 6) is 3.34. The van der Waals surface area contributed by atoms with Gasteiger partial charge in [-0.2, -0.15) is 14.9 Å². The Morgan fingerprint density at radius 1 is 1.32 bits per heavy atom. The Bertz CT molecular complexity index is 681. The second-order valence-electron chi connectivity index (χ2n) is 5.02. The van der Waals surface area contributed by atoms with Crippen LogP contribution in [0.3, 0.4) is 0 Å². The summed E-state index contributed by atoms with van der Waals surface area (Å²) in [5.41, 5.74) is 0.932. The maximum atomic E-state index is 9.06. The standard InChI is InChI=1S/C13H14N6/c1-7-4-10(7)11-5-13(17-12(6-14)16-11)19-9(3)15-8(2)18-19/h5,7,10H,4H2,1-3H3. The summed E-state index contributed by atoms with van der Waals surface area (Å²) >= 11 is 0. The van der Waals surface area contributed by atoms with Gasteiger partial charge in [0.2, 0.25) is 5.82 Å². The average Bonchev–Trinajstić information content (AvgIpc) is 3.02. The Morgan fingerprint density at radius 2 is 2.05 bits per heavy atom. The Labute approximate surface area is 111 Å². The smallest absolute Gasteiger partial charge is 0.224 e. The molecule has 0 saturated heterocycles. The molecule has 6 nitrogen and oxygen atoms in total. The third kappa shape index (κ3) is 2.08. The highest BCUT2D eigenvalue weighted by Gasteiger charge is 2.36. The molecule has 0 N–H and O–H groups in total. The fourth-order valence-corrected chi connectivity index (χ4v) is 2.27. The van der Waals surface area contributed by atoms with Gasteiger partial charge in [-0.1, -0.05) is 6.92 Å². The highest BCUT2D eigenvalue weighted by atomic mass is 15.4. The van der Waals surface area contributed by atoms with Crippen LogP contribution in [-0.4, -0.2) is 24.7 Å². The van der Waals surface area contributed by atoms with Crippen molar-refractivity contribution in [1.29, 1.82) is 5.26 Å². The van der Waals surface area contributed by atoms with Crippen LogP contribution in [0, 0.1) is 31.1 Å². The summed E-state index contributed by atoms with van der Waals surface area (Å²) in [4.78, 5) is 12.8. The molecule has 2 unspecified atom stereocenters. The van der Waals surface area contributed by atoms with Crippen molar-refractivity contribution in [1.82, 2.24) is 24.7 Å². The lowest BCUT2D eigenvalue weighted by atomic mass is 10.2. The molecular weight excluding hydrogens is 240 g/mol. The van der Waals surface area contributed by atoms with Crippen LogP contribution < -0.4 is 0 Å². The van der Waals surface area contributed by atoms with Gasteiger partial charge in [0.1, 0.15) is 17.7 Å². The number of aromatic nitrogens is 5. The Hall–Kier alpha value is -2.29. The first-order chi connectivity index (χ1) is 9.08. The first kappa shape index (κ1) is 11.8. The summed E-state index contributed by atoms with van der Waals surface area (Å²) < 4.78 is 1.66. The van der Waals surface area contributed by atoms with Gasteiger partial charge in [-0.15, -0.1) is 5.10 Å². The minimum absolute atomic E-state index is 0.194. The van der Waals surface area contributed by atoms with E-state index in [1.54, 1.807) is 4.68 Å². The summed E-state index contributed by atoms with van der Waals surface area (Å²) in [5, 5.41) is 13.4. The van der Waals surface area contributed by atoms with E-state index in [1.165, 1.54) is 0 Å². The molecule has 2 heterocycles. The zero-order chi connectivity index (χ0) is 13.6. The first-order valence-corrected chi connectivity index (χ1v) is 6.28. The fourth-order valence-electron chi connectivity index (χ4n) is 2.27. The lowest BCUT2D eigenvalue weighted by Crippen LogP contribution is -2.07. The van der Waals surface area contributed by atoms with Crippen LogP contribution in [0.1, 0.15) is 42.4 Å². The van der Waals surface area contributed by atoms with Crippen molar-refractivity contribution in [3.63, 3.8) is 0 Å². The van der Waals surface area contributed by atoms with E-state index in [2.05, 4.69) is 27.0 Å². The zero-order valence-corrected chi connectivity index (χ0v) is 11.1. The van der Waals surface area contributed by atoms with Gasteiger partial charge in [0.15, 0.2) is 5.82 Å². The minimum atomic E-state index is 0.194. The molecular formula is C13H14N6. The van der Waals surface area contributed by atoms with Crippen LogP contribution >= 0.6 is 0 Å². The second kappa shape index (κ2) is 4.12. The third-order valence-corrected chi connectivity index (χ3v) is 3.41. The lowest BCUT2D eigenvalue weighted by Gasteiger charge is -2.05. The topological polar surface area (TPSA) is 80.3 Å². The molecule has 2 aromatic rings. The van der Waals surface area contributed by atoms with Gasteiger partial charge >= 0.3 is 0 Å². The zero-order valence-electron chi connectivity index (χ0n) is 11.1. The second-order valence-corrected chi connectivity index (χ2v) is 5.02. The number of hydrogen-bond acceptors (Lipinski definition) is 5. The number of nitriles is 1. The molecule has 0 aromatic carbocycles. The number of nitrogens with zero attached hydrogens (tertiary/aromatic N) is 6. The Morgan fingerprint density at radius 3 is 2.58 bits per heavy atom. The summed E-state index contributed by atoms with van der Waals surface area (Å²) in [7, 11) is 0. The molecule has 0 spiro atoms. The van der Waals surface area contributed by atoms with E-state index in [4.69, 9.17) is 5.26 Å². The molecule has 1 fully saturated rings. The van der Waals surface area contributed by atoms with Gasteiger partial charge in [0.05, 0.1) is 5.69 Å². The Kier molecular flexibility index (Phi) is 2.56. The maximum absolute atomic E-state index is 9.06. The van der Waals surface area contributed by atoms with E-state index in [0.29, 0.717) is 23.5 Å². The van der Waals surface area contributed by atoms with E-state index >= 15 is 0 Å². The quantitative estimate of drug-likeness (QED) is 0.814. The van der Waals surface area contributed by atoms with Gasteiger partial charge in [-0.05, 0) is 26.2 Å². The van der Waals surface area contributed by atoms with Gasteiger partial charge in [0, 0.05) is 12.0 Å². The van der Waals surface area contributed by atoms with Crippen molar-refractivity contribution in [3.05, 3.63) is 29.2 Å². The van der Waals surface area contributed by atoms with Gasteiger partial charge < -0.3 is 0 Å². The minimum Gasteiger partial charge on any atom is -0.224 e. The van der Waals surface area contributed by atoms with Crippen molar-refractivity contribution in [3.8, 4) is 11.9 Å². The average molecular weight is 254 g/mol. The van der Waals surface area contributed by atoms with E-state index < -0.39 is 0 Å². The van der Waals surface area contributed by atoms with Crippen molar-refractivity contribution >= 4 is 0 Å². The van der Waals surface area contributed by atoms with Crippen molar-refractivity contribution in [2.24, 2.45) is 5.92 Å². The van der Waals surface area contributed by atoms with E-state index in [9.17, 15) is 0 Å². The fraction of sp³-hybridized carbons (Fsp3) is 0.462. The number of aryl methyl sites for hydroxylation is 2. The maximum Gasteiger partial charge on any atom is 0.234 e. The SMILES string of the molecule is Cc1nc(C)n(-c2cc(C3CC3C)nc(C#N)n2)n1. The molecule has 0 bridgehead atoms. The predicted molar refractivity (Wildman–Crippen MR) is 67.7 cm³/mol. The molecule has 0 radical (unpaired) electrons. The summed E-state index contributed by atoms with van der Waals surface area (Å²) in [6.45, 7) is 5.89. The molecule has 19 heavy (non-hydrogen) atoms. The van der Waals surface area contributed by atoms with Crippen LogP contribution in [0.2, 0.25) is 0 Å². The summed E-state index contributed by atoms with van der Waals surface area (Å²) in [6.07, 6.45) is 1.12. The first-order valence-electron chi connectivity index (χ1n) is 6.28. The van der Waals surface area contributed by atoms with E-state index in [1.807, 2.05) is 26.0 Å². The number of rotatable bonds is 2. The molecule has 2 aromatic heterocycles. The molecule has 1 aliphatic rings. The molecule has 6 heteroatoms. The highest BCUT2D eigenvalue weighted by molar-refractivity contribution is 5.32. The van der Waals surface area contributed by atoms with Gasteiger partial charge in [-0.25, -0.2) is 9.97 Å². The normalized spacial score (nSPS) is 21.2. The van der Waals surface area contributed by atoms with Gasteiger partial charge in [0.25, 0.3) is 0 Å². The van der Waals surface area contributed by atoms with E-state index in [0.717, 1.165) is 17.9 Å². The van der Waals surface area contributed by atoms with Crippen LogP contribution in [0.15, 0.2) is 6.07 Å². The largest absolute Gasteiger partial charge is 0.234 e. The highest BCUT2D eigenvalue weighted by Crippen LogP contribution is 2.46. The monoisotopic (exact) mass is 254 g/mol. The van der Waals surface area contributed by atoms with Crippen molar-refractivity contribution in [2.75, 3.05) is 0 Å². The lowest BCUT2D eigenvalue weighted by molar-refractivity contribution is 0.780. The van der Waals surface area contributed by atoms with Crippen LogP contribution in [0.25, 0.3) is 5.82 Å². The van der Waals surface area contributed by atoms with Crippen LogP contribution in [-0.2, 0) is 0 Å². The molecule has 0 amide bonds. The van der Waals surface area contributed by atoms with E-state index in [-0.39, 0.29) is 5.82 Å². The van der Waals surface area contributed by atoms with Crippen LogP contribution in [0.5, 0.6) is 0 Å². The van der Waals surface area contributed by atoms with Crippen molar-refractivity contribution in [2.45, 2.75) is 33.1 Å². The molecule has 1 saturated carbocycles. The predicted octanol–water partition coefficient (Wildman–Crippen LogP) is 1.67. The number of hydrogen-bond donors (Lipinski definition) is 0. The summed E-state index contributed by atoms with van der Waals surface area (Å²) in [6, 6.07) is 3.93. The molecule has 2 atom stereocenters. The van der Waals surface area contributed by atoms with Crippen LogP contribution in [0.4, 0.5) is 0 Å². The Balaban J connectivity index is 2.11. The molecule has 96 valence electrons. The van der Waals surface area contributed by atoms with Gasteiger partial charge in [-0.3, -0.25) is 0 Å². The molecule has 1 aliphatic carbocycles.